The molecule has 1 fully saturated rings. The number of piperazine rings is 1. The number of hydrogen-bond donors (Lipinski definition) is 2. The fourth-order valence-electron chi connectivity index (χ4n) is 5.45. The maximum atomic E-state index is 12.7. The number of carbonyl (C=O) groups is 1. The summed E-state index contributed by atoms with van der Waals surface area (Å²) in [6.45, 7) is 5.71. The molecule has 0 aliphatic carbocycles. The Labute approximate surface area is 260 Å². The molecule has 4 aromatic rings. The van der Waals surface area contributed by atoms with Gasteiger partial charge in [0, 0.05) is 41.3 Å². The molecule has 1 unspecified atom stereocenters. The first-order valence-corrected chi connectivity index (χ1v) is 17.2. The van der Waals surface area contributed by atoms with Crippen LogP contribution in [-0.4, -0.2) is 79.6 Å². The average Bonchev–Trinajstić information content (AvgIpc) is 3.49. The van der Waals surface area contributed by atoms with Gasteiger partial charge in [-0.15, -0.1) is 11.3 Å². The number of carbonyl (C=O) groups excluding carboxylic acids is 1. The minimum atomic E-state index is -4.29. The Morgan fingerprint density at radius 2 is 1.84 bits per heavy atom. The molecular weight excluding hydrogens is 605 g/mol. The van der Waals surface area contributed by atoms with Crippen LogP contribution in [0.15, 0.2) is 64.8 Å². The third-order valence-electron chi connectivity index (χ3n) is 7.84. The van der Waals surface area contributed by atoms with E-state index in [-0.39, 0.29) is 25.5 Å². The number of pyridine rings is 1. The fraction of sp³-hybridized carbons (Fsp3) is 0.419. The second kappa shape index (κ2) is 14.7. The van der Waals surface area contributed by atoms with Gasteiger partial charge in [-0.25, -0.2) is 9.09 Å². The number of rotatable bonds is 15. The van der Waals surface area contributed by atoms with Crippen LogP contribution in [0.3, 0.4) is 0 Å². The molecule has 0 spiro atoms. The topological polar surface area (TPSA) is 127 Å². The van der Waals surface area contributed by atoms with Crippen LogP contribution in [0.5, 0.6) is 5.75 Å². The highest BCUT2D eigenvalue weighted by Gasteiger charge is 2.36. The van der Waals surface area contributed by atoms with E-state index in [1.165, 1.54) is 28.8 Å². The van der Waals surface area contributed by atoms with Crippen molar-refractivity contribution in [2.45, 2.75) is 26.2 Å². The Morgan fingerprint density at radius 1 is 1.02 bits per heavy atom. The van der Waals surface area contributed by atoms with Gasteiger partial charge in [-0.05, 0) is 60.0 Å². The number of thiophene rings is 1. The Balaban J connectivity index is 1.17. The number of esters is 1. The monoisotopic (exact) mass is 644 g/mol. The first-order valence-electron chi connectivity index (χ1n) is 14.8. The van der Waals surface area contributed by atoms with Gasteiger partial charge in [0.1, 0.15) is 5.75 Å². The maximum Gasteiger partial charge on any atom is 0.476 e. The highest BCUT2D eigenvalue weighted by atomic mass is 32.1. The molecule has 1 aliphatic heterocycles. The first kappa shape index (κ1) is 32.2. The van der Waals surface area contributed by atoms with E-state index in [2.05, 4.69) is 39.5 Å². The molecule has 44 heavy (non-hydrogen) atoms. The summed E-state index contributed by atoms with van der Waals surface area (Å²) in [5.74, 6) is 0.281. The predicted molar refractivity (Wildman–Crippen MR) is 171 cm³/mol. The van der Waals surface area contributed by atoms with Crippen LogP contribution in [0, 0.1) is 0 Å². The SMILES string of the molecule is CC(=O)OCCCOP(=O)(O)OC[N+]1(CCCCOc2ccc3ccc(=O)[nH]c3c2)CCN(c2cccc3sccc23)CC1. The zero-order valence-corrected chi connectivity index (χ0v) is 26.5. The Morgan fingerprint density at radius 3 is 2.66 bits per heavy atom. The number of aromatic nitrogens is 1. The van der Waals surface area contributed by atoms with Gasteiger partial charge in [0.25, 0.3) is 0 Å². The zero-order valence-electron chi connectivity index (χ0n) is 24.8. The second-order valence-corrected chi connectivity index (χ2v) is 13.4. The maximum absolute atomic E-state index is 12.7. The fourth-order valence-corrected chi connectivity index (χ4v) is 7.08. The molecule has 2 N–H and O–H groups in total. The molecule has 2 aromatic heterocycles. The number of anilines is 1. The molecule has 0 bridgehead atoms. The van der Waals surface area contributed by atoms with Gasteiger partial charge in [0.15, 0.2) is 6.73 Å². The van der Waals surface area contributed by atoms with Gasteiger partial charge in [-0.2, -0.15) is 0 Å². The van der Waals surface area contributed by atoms with Gasteiger partial charge >= 0.3 is 13.8 Å². The molecule has 1 atom stereocenters. The summed E-state index contributed by atoms with van der Waals surface area (Å²) < 4.78 is 36.0. The molecule has 1 aliphatic rings. The number of aromatic amines is 1. The number of nitrogens with one attached hydrogen (secondary N) is 1. The van der Waals surface area contributed by atoms with Crippen molar-refractivity contribution in [1.82, 2.24) is 4.98 Å². The van der Waals surface area contributed by atoms with Crippen LogP contribution in [0.25, 0.3) is 21.0 Å². The number of phosphoric ester groups is 1. The molecule has 236 valence electrons. The molecule has 0 saturated carbocycles. The third kappa shape index (κ3) is 8.68. The number of H-pyrrole nitrogens is 1. The quantitative estimate of drug-likeness (QED) is 0.0769. The second-order valence-electron chi connectivity index (χ2n) is 11.0. The summed E-state index contributed by atoms with van der Waals surface area (Å²) in [4.78, 5) is 38.2. The predicted octanol–water partition coefficient (Wildman–Crippen LogP) is 5.28. The van der Waals surface area contributed by atoms with Crippen molar-refractivity contribution in [1.29, 1.82) is 0 Å². The van der Waals surface area contributed by atoms with Crippen molar-refractivity contribution in [2.24, 2.45) is 0 Å². The number of ether oxygens (including phenoxy) is 2. The zero-order chi connectivity index (χ0) is 31.0. The van der Waals surface area contributed by atoms with Crippen LogP contribution in [0.4, 0.5) is 5.69 Å². The van der Waals surface area contributed by atoms with Crippen LogP contribution in [0.1, 0.15) is 26.2 Å². The summed E-state index contributed by atoms with van der Waals surface area (Å²) in [6.07, 6.45) is 1.90. The molecule has 0 radical (unpaired) electrons. The highest BCUT2D eigenvalue weighted by molar-refractivity contribution is 7.47. The van der Waals surface area contributed by atoms with E-state index >= 15 is 0 Å². The van der Waals surface area contributed by atoms with E-state index in [4.69, 9.17) is 18.5 Å². The van der Waals surface area contributed by atoms with Gasteiger partial charge in [0.05, 0.1) is 58.1 Å². The Kier molecular flexibility index (Phi) is 10.7. The lowest BCUT2D eigenvalue weighted by atomic mass is 10.1. The Bertz CT molecular complexity index is 1670. The number of hydrogen-bond acceptors (Lipinski definition) is 9. The number of nitrogens with zero attached hydrogens (tertiary/aromatic N) is 2. The van der Waals surface area contributed by atoms with Crippen molar-refractivity contribution < 1.29 is 37.3 Å². The van der Waals surface area contributed by atoms with E-state index in [9.17, 15) is 19.0 Å². The standard InChI is InChI=1S/C31H38N3O8PS/c1-24(35)39-19-5-20-41-43(37,38)42-23-34(16-13-33(14-17-34)29-6-4-7-30-27(29)12-21-44-30)15-2-3-18-40-26-10-8-25-9-11-31(36)32-28(25)22-26/h4,6-12,21-22H,2-3,5,13-20,23H2,1H3,(H-,32,36,37,38)/p+1. The summed E-state index contributed by atoms with van der Waals surface area (Å²) >= 11 is 1.73. The van der Waals surface area contributed by atoms with Crippen molar-refractivity contribution in [3.63, 3.8) is 0 Å². The van der Waals surface area contributed by atoms with Gasteiger partial charge in [-0.1, -0.05) is 6.07 Å². The lowest BCUT2D eigenvalue weighted by Gasteiger charge is -2.45. The largest absolute Gasteiger partial charge is 0.494 e. The van der Waals surface area contributed by atoms with E-state index in [1.54, 1.807) is 17.4 Å². The Hall–Kier alpha value is -3.25. The third-order valence-corrected chi connectivity index (χ3v) is 9.67. The summed E-state index contributed by atoms with van der Waals surface area (Å²) in [5.41, 5.74) is 1.78. The first-order chi connectivity index (χ1) is 21.2. The molecular formula is C31H39N3O8PS+. The molecule has 1 saturated heterocycles. The van der Waals surface area contributed by atoms with Crippen molar-refractivity contribution in [3.05, 3.63) is 70.3 Å². The van der Waals surface area contributed by atoms with Crippen LogP contribution in [-0.2, 0) is 23.1 Å². The number of phosphoric acid groups is 1. The smallest absolute Gasteiger partial charge is 0.476 e. The lowest BCUT2D eigenvalue weighted by molar-refractivity contribution is -0.943. The average molecular weight is 645 g/mol. The van der Waals surface area contributed by atoms with Crippen LogP contribution in [0.2, 0.25) is 0 Å². The number of benzene rings is 2. The summed E-state index contributed by atoms with van der Waals surface area (Å²) in [6, 6.07) is 17.4. The van der Waals surface area contributed by atoms with E-state index in [0.29, 0.717) is 23.3 Å². The van der Waals surface area contributed by atoms with Gasteiger partial charge in [0.2, 0.25) is 5.56 Å². The highest BCUT2D eigenvalue weighted by Crippen LogP contribution is 2.44. The van der Waals surface area contributed by atoms with E-state index in [1.807, 2.05) is 18.2 Å². The number of unbranched alkanes of at least 4 members (excludes halogenated alkanes) is 1. The molecule has 2 aromatic carbocycles. The molecule has 0 amide bonds. The minimum absolute atomic E-state index is 0.0487. The lowest BCUT2D eigenvalue weighted by Crippen LogP contribution is -2.60. The van der Waals surface area contributed by atoms with Crippen LogP contribution < -0.4 is 15.2 Å². The molecule has 11 nitrogen and oxygen atoms in total. The molecule has 5 rings (SSSR count). The van der Waals surface area contributed by atoms with Gasteiger partial charge < -0.3 is 24.3 Å². The van der Waals surface area contributed by atoms with Crippen molar-refractivity contribution in [2.75, 3.05) is 64.2 Å². The minimum Gasteiger partial charge on any atom is -0.494 e. The van der Waals surface area contributed by atoms with Crippen molar-refractivity contribution >= 4 is 51.8 Å². The number of fused-ring (bicyclic) bond motifs is 2. The van der Waals surface area contributed by atoms with E-state index < -0.39 is 13.8 Å². The number of quaternary nitrogens is 1. The van der Waals surface area contributed by atoms with Gasteiger partial charge in [-0.3, -0.25) is 18.6 Å². The summed E-state index contributed by atoms with van der Waals surface area (Å²) in [7, 11) is -4.29. The normalized spacial score (nSPS) is 16.2. The molecule has 13 heteroatoms. The van der Waals surface area contributed by atoms with E-state index in [0.717, 1.165) is 56.5 Å². The van der Waals surface area contributed by atoms with Crippen molar-refractivity contribution in [3.8, 4) is 5.75 Å². The summed E-state index contributed by atoms with van der Waals surface area (Å²) in [5, 5.41) is 4.29. The van der Waals surface area contributed by atoms with Crippen LogP contribution >= 0.6 is 19.2 Å². The molecule has 3 heterocycles.